The van der Waals surface area contributed by atoms with E-state index in [-0.39, 0.29) is 5.54 Å². The van der Waals surface area contributed by atoms with Crippen molar-refractivity contribution in [3.63, 3.8) is 0 Å². The van der Waals surface area contributed by atoms with Gasteiger partial charge in [-0.05, 0) is 63.0 Å². The molecule has 3 heteroatoms. The first-order valence-electron chi connectivity index (χ1n) is 8.63. The molecular weight excluding hydrogens is 362 g/mol. The highest BCUT2D eigenvalue weighted by atomic mass is 79.9. The van der Waals surface area contributed by atoms with Crippen LogP contribution < -0.4 is 0 Å². The normalized spacial score (nSPS) is 27.4. The molecule has 2 aromatic carbocycles. The van der Waals surface area contributed by atoms with E-state index in [1.807, 2.05) is 18.2 Å². The van der Waals surface area contributed by atoms with Gasteiger partial charge < -0.3 is 5.11 Å². The molecule has 3 rings (SSSR count). The van der Waals surface area contributed by atoms with Gasteiger partial charge in [-0.1, -0.05) is 58.4 Å². The number of hydrogen-bond acceptors (Lipinski definition) is 2. The Labute approximate surface area is 153 Å². The van der Waals surface area contributed by atoms with E-state index in [9.17, 15) is 5.11 Å². The van der Waals surface area contributed by atoms with Crippen LogP contribution in [0.15, 0.2) is 59.1 Å². The molecule has 1 aliphatic carbocycles. The quantitative estimate of drug-likeness (QED) is 0.817. The Kier molecular flexibility index (Phi) is 5.14. The molecule has 0 aromatic heterocycles. The van der Waals surface area contributed by atoms with Gasteiger partial charge >= 0.3 is 0 Å². The van der Waals surface area contributed by atoms with Crippen molar-refractivity contribution >= 4 is 15.9 Å². The minimum absolute atomic E-state index is 0.0175. The van der Waals surface area contributed by atoms with Gasteiger partial charge in [0.2, 0.25) is 0 Å². The Hall–Kier alpha value is -1.16. The second kappa shape index (κ2) is 6.99. The van der Waals surface area contributed by atoms with E-state index >= 15 is 0 Å². The van der Waals surface area contributed by atoms with Gasteiger partial charge in [-0.2, -0.15) is 0 Å². The van der Waals surface area contributed by atoms with Gasteiger partial charge in [0.05, 0.1) is 5.60 Å². The van der Waals surface area contributed by atoms with E-state index in [0.717, 1.165) is 36.6 Å². The average Bonchev–Trinajstić information content (AvgIpc) is 2.57. The standard InChI is InChI=1S/C21H26BrNO/c1-23(2)21(18-8-10-19(22)11-9-18)14-12-20(24,13-15-21)16-17-6-4-3-5-7-17/h3-11,24H,12-16H2,1-2H3. The van der Waals surface area contributed by atoms with E-state index in [0.29, 0.717) is 0 Å². The lowest BCUT2D eigenvalue weighted by molar-refractivity contribution is -0.0458. The molecule has 0 saturated heterocycles. The number of hydrogen-bond donors (Lipinski definition) is 1. The molecular formula is C21H26BrNO. The van der Waals surface area contributed by atoms with Crippen LogP contribution in [0.3, 0.4) is 0 Å². The molecule has 128 valence electrons. The molecule has 1 N–H and O–H groups in total. The van der Waals surface area contributed by atoms with Crippen molar-refractivity contribution in [1.82, 2.24) is 4.90 Å². The minimum atomic E-state index is -0.587. The molecule has 0 amide bonds. The van der Waals surface area contributed by atoms with Crippen molar-refractivity contribution in [2.45, 2.75) is 43.2 Å². The summed E-state index contributed by atoms with van der Waals surface area (Å²) in [7, 11) is 4.31. The number of aliphatic hydroxyl groups is 1. The maximum atomic E-state index is 11.1. The first kappa shape index (κ1) is 17.7. The maximum absolute atomic E-state index is 11.1. The number of halogens is 1. The third-order valence-corrected chi connectivity index (χ3v) is 6.15. The second-order valence-corrected chi connectivity index (χ2v) is 8.24. The summed E-state index contributed by atoms with van der Waals surface area (Å²) < 4.78 is 1.11. The summed E-state index contributed by atoms with van der Waals surface area (Å²) in [5.41, 5.74) is 2.00. The van der Waals surface area contributed by atoms with Gasteiger partial charge in [0.15, 0.2) is 0 Å². The first-order chi connectivity index (χ1) is 11.4. The molecule has 1 aliphatic rings. The summed E-state index contributed by atoms with van der Waals surface area (Å²) in [5.74, 6) is 0. The Balaban J connectivity index is 1.78. The van der Waals surface area contributed by atoms with Crippen LogP contribution in [0.5, 0.6) is 0 Å². The molecule has 0 atom stereocenters. The van der Waals surface area contributed by atoms with Crippen LogP contribution in [0.25, 0.3) is 0 Å². The van der Waals surface area contributed by atoms with Crippen molar-refractivity contribution in [2.75, 3.05) is 14.1 Å². The predicted molar refractivity (Wildman–Crippen MR) is 103 cm³/mol. The number of rotatable bonds is 4. The van der Waals surface area contributed by atoms with Crippen LogP contribution in [-0.2, 0) is 12.0 Å². The summed E-state index contributed by atoms with van der Waals surface area (Å²) in [4.78, 5) is 2.33. The largest absolute Gasteiger partial charge is 0.390 e. The van der Waals surface area contributed by atoms with E-state index < -0.39 is 5.60 Å². The summed E-state index contributed by atoms with van der Waals surface area (Å²) in [6.45, 7) is 0. The van der Waals surface area contributed by atoms with Crippen molar-refractivity contribution in [3.05, 3.63) is 70.2 Å². The molecule has 1 saturated carbocycles. The van der Waals surface area contributed by atoms with Gasteiger partial charge in [-0.15, -0.1) is 0 Å². The molecule has 0 aliphatic heterocycles. The topological polar surface area (TPSA) is 23.5 Å². The van der Waals surface area contributed by atoms with Crippen LogP contribution in [0.1, 0.15) is 36.8 Å². The molecule has 2 nitrogen and oxygen atoms in total. The predicted octanol–water partition coefficient (Wildman–Crippen LogP) is 4.75. The van der Waals surface area contributed by atoms with Crippen LogP contribution in [0.4, 0.5) is 0 Å². The lowest BCUT2D eigenvalue weighted by Gasteiger charge is -2.48. The molecule has 0 spiro atoms. The Morgan fingerprint density at radius 3 is 2.04 bits per heavy atom. The van der Waals surface area contributed by atoms with Gasteiger partial charge in [-0.25, -0.2) is 0 Å². The summed E-state index contributed by atoms with van der Waals surface area (Å²) in [6.07, 6.45) is 4.36. The smallest absolute Gasteiger partial charge is 0.0689 e. The Bertz CT molecular complexity index is 658. The zero-order chi connectivity index (χ0) is 17.2. The fraction of sp³-hybridized carbons (Fsp3) is 0.429. The van der Waals surface area contributed by atoms with E-state index in [2.05, 4.69) is 71.3 Å². The Morgan fingerprint density at radius 1 is 0.917 bits per heavy atom. The first-order valence-corrected chi connectivity index (χ1v) is 9.43. The fourth-order valence-corrected chi connectivity index (χ4v) is 4.30. The lowest BCUT2D eigenvalue weighted by Crippen LogP contribution is -2.49. The van der Waals surface area contributed by atoms with Gasteiger partial charge in [0, 0.05) is 16.4 Å². The van der Waals surface area contributed by atoms with E-state index in [4.69, 9.17) is 0 Å². The molecule has 24 heavy (non-hydrogen) atoms. The van der Waals surface area contributed by atoms with Crippen LogP contribution >= 0.6 is 15.9 Å². The van der Waals surface area contributed by atoms with Gasteiger partial charge in [0.1, 0.15) is 0 Å². The molecule has 0 radical (unpaired) electrons. The van der Waals surface area contributed by atoms with Crippen LogP contribution in [0, 0.1) is 0 Å². The highest BCUT2D eigenvalue weighted by Crippen LogP contribution is 2.45. The van der Waals surface area contributed by atoms with Gasteiger partial charge in [-0.3, -0.25) is 4.90 Å². The van der Waals surface area contributed by atoms with Gasteiger partial charge in [0.25, 0.3) is 0 Å². The zero-order valence-corrected chi connectivity index (χ0v) is 16.1. The van der Waals surface area contributed by atoms with Crippen molar-refractivity contribution in [3.8, 4) is 0 Å². The minimum Gasteiger partial charge on any atom is -0.390 e. The fourth-order valence-electron chi connectivity index (χ4n) is 4.04. The van der Waals surface area contributed by atoms with Crippen LogP contribution in [-0.4, -0.2) is 29.7 Å². The highest BCUT2D eigenvalue weighted by molar-refractivity contribution is 9.10. The second-order valence-electron chi connectivity index (χ2n) is 7.32. The monoisotopic (exact) mass is 387 g/mol. The average molecular weight is 388 g/mol. The number of benzene rings is 2. The maximum Gasteiger partial charge on any atom is 0.0689 e. The van der Waals surface area contributed by atoms with Crippen molar-refractivity contribution in [1.29, 1.82) is 0 Å². The van der Waals surface area contributed by atoms with Crippen molar-refractivity contribution in [2.24, 2.45) is 0 Å². The highest BCUT2D eigenvalue weighted by Gasteiger charge is 2.44. The summed E-state index contributed by atoms with van der Waals surface area (Å²) in [6, 6.07) is 19.0. The summed E-state index contributed by atoms with van der Waals surface area (Å²) >= 11 is 3.53. The molecule has 0 bridgehead atoms. The SMILES string of the molecule is CN(C)C1(c2ccc(Br)cc2)CCC(O)(Cc2ccccc2)CC1. The molecule has 0 unspecified atom stereocenters. The molecule has 1 fully saturated rings. The zero-order valence-electron chi connectivity index (χ0n) is 14.5. The third kappa shape index (κ3) is 3.58. The molecule has 0 heterocycles. The van der Waals surface area contributed by atoms with Crippen LogP contribution in [0.2, 0.25) is 0 Å². The van der Waals surface area contributed by atoms with Crippen molar-refractivity contribution < 1.29 is 5.11 Å². The van der Waals surface area contributed by atoms with E-state index in [1.54, 1.807) is 0 Å². The summed E-state index contributed by atoms with van der Waals surface area (Å²) in [5, 5.41) is 11.1. The Morgan fingerprint density at radius 2 is 1.50 bits per heavy atom. The third-order valence-electron chi connectivity index (χ3n) is 5.62. The van der Waals surface area contributed by atoms with E-state index in [1.165, 1.54) is 11.1 Å². The number of nitrogens with zero attached hydrogens (tertiary/aromatic N) is 1. The lowest BCUT2D eigenvalue weighted by atomic mass is 9.68. The molecule has 2 aromatic rings.